The van der Waals surface area contributed by atoms with Crippen LogP contribution in [0.4, 0.5) is 0 Å². The van der Waals surface area contributed by atoms with Crippen LogP contribution in [0.5, 0.6) is 0 Å². The Labute approximate surface area is 131 Å². The van der Waals surface area contributed by atoms with E-state index in [9.17, 15) is 0 Å². The predicted molar refractivity (Wildman–Crippen MR) is 89.7 cm³/mol. The van der Waals surface area contributed by atoms with Crippen LogP contribution >= 0.6 is 0 Å². The van der Waals surface area contributed by atoms with Crippen molar-refractivity contribution in [3.63, 3.8) is 0 Å². The fourth-order valence-electron chi connectivity index (χ4n) is 4.94. The summed E-state index contributed by atoms with van der Waals surface area (Å²) in [5, 5.41) is 3.68. The topological polar surface area (TPSA) is 24.5 Å². The van der Waals surface area contributed by atoms with Crippen LogP contribution in [-0.4, -0.2) is 47.8 Å². The largest absolute Gasteiger partial charge is 0.369 e. The molecule has 0 aromatic carbocycles. The molecular weight excluding hydrogens is 260 g/mol. The second-order valence-corrected chi connectivity index (χ2v) is 8.45. The van der Waals surface area contributed by atoms with Crippen molar-refractivity contribution in [2.45, 2.75) is 90.0 Å². The van der Waals surface area contributed by atoms with E-state index >= 15 is 0 Å². The van der Waals surface area contributed by atoms with Crippen molar-refractivity contribution in [1.29, 1.82) is 0 Å². The van der Waals surface area contributed by atoms with Gasteiger partial charge in [0.2, 0.25) is 0 Å². The summed E-state index contributed by atoms with van der Waals surface area (Å²) in [6.07, 6.45) is 5.02. The normalized spacial score (nSPS) is 33.0. The van der Waals surface area contributed by atoms with Gasteiger partial charge in [-0.1, -0.05) is 6.92 Å². The van der Waals surface area contributed by atoms with Crippen molar-refractivity contribution >= 4 is 0 Å². The third kappa shape index (κ3) is 3.16. The average Bonchev–Trinajstić information content (AvgIpc) is 2.96. The van der Waals surface area contributed by atoms with E-state index in [2.05, 4.69) is 58.8 Å². The number of hydrogen-bond donors (Lipinski definition) is 1. The first-order chi connectivity index (χ1) is 9.66. The van der Waals surface area contributed by atoms with Gasteiger partial charge in [-0.25, -0.2) is 0 Å². The van der Waals surface area contributed by atoms with Gasteiger partial charge in [-0.2, -0.15) is 0 Å². The predicted octanol–water partition coefficient (Wildman–Crippen LogP) is 3.43. The monoisotopic (exact) mass is 296 g/mol. The first-order valence-electron chi connectivity index (χ1n) is 8.79. The third-order valence-electron chi connectivity index (χ3n) is 6.07. The van der Waals surface area contributed by atoms with Gasteiger partial charge in [-0.05, 0) is 80.4 Å². The highest BCUT2D eigenvalue weighted by molar-refractivity contribution is 5.08. The number of hydrogen-bond acceptors (Lipinski definition) is 3. The van der Waals surface area contributed by atoms with Crippen molar-refractivity contribution in [3.8, 4) is 0 Å². The van der Waals surface area contributed by atoms with Crippen molar-refractivity contribution in [1.82, 2.24) is 10.2 Å². The van der Waals surface area contributed by atoms with Crippen LogP contribution in [0.2, 0.25) is 0 Å². The maximum Gasteiger partial charge on any atom is 0.0678 e. The molecule has 0 spiro atoms. The Balaban J connectivity index is 2.29. The van der Waals surface area contributed by atoms with E-state index in [4.69, 9.17) is 4.74 Å². The molecule has 2 fully saturated rings. The molecule has 3 nitrogen and oxygen atoms in total. The van der Waals surface area contributed by atoms with Gasteiger partial charge in [0, 0.05) is 17.5 Å². The fourth-order valence-corrected chi connectivity index (χ4v) is 4.94. The molecule has 0 aromatic rings. The van der Waals surface area contributed by atoms with E-state index in [0.717, 1.165) is 6.42 Å². The molecule has 0 aliphatic carbocycles. The van der Waals surface area contributed by atoms with Gasteiger partial charge in [0.25, 0.3) is 0 Å². The van der Waals surface area contributed by atoms with Crippen LogP contribution in [0.3, 0.4) is 0 Å². The first kappa shape index (κ1) is 17.2. The van der Waals surface area contributed by atoms with Crippen LogP contribution < -0.4 is 5.32 Å². The van der Waals surface area contributed by atoms with E-state index in [-0.39, 0.29) is 16.7 Å². The molecule has 2 saturated heterocycles. The molecule has 1 N–H and O–H groups in total. The molecule has 3 heteroatoms. The lowest BCUT2D eigenvalue weighted by atomic mass is 9.72. The minimum atomic E-state index is -0.0622. The van der Waals surface area contributed by atoms with Gasteiger partial charge in [-0.15, -0.1) is 0 Å². The minimum absolute atomic E-state index is 0.0110. The number of nitrogens with zero attached hydrogens (tertiary/aromatic N) is 1. The minimum Gasteiger partial charge on any atom is -0.369 e. The summed E-state index contributed by atoms with van der Waals surface area (Å²) < 4.78 is 6.38. The molecule has 0 amide bonds. The Morgan fingerprint density at radius 3 is 2.19 bits per heavy atom. The molecule has 3 atom stereocenters. The van der Waals surface area contributed by atoms with E-state index in [1.807, 2.05) is 0 Å². The summed E-state index contributed by atoms with van der Waals surface area (Å²) in [7, 11) is 2.13. The third-order valence-corrected chi connectivity index (χ3v) is 6.07. The lowest BCUT2D eigenvalue weighted by Gasteiger charge is -2.49. The summed E-state index contributed by atoms with van der Waals surface area (Å²) >= 11 is 0. The molecular formula is C18H36N2O. The summed E-state index contributed by atoms with van der Waals surface area (Å²) in [5.74, 6) is 0.544. The maximum absolute atomic E-state index is 6.38. The van der Waals surface area contributed by atoms with Crippen LogP contribution in [0.1, 0.15) is 67.2 Å². The van der Waals surface area contributed by atoms with Gasteiger partial charge >= 0.3 is 0 Å². The molecule has 0 saturated carbocycles. The van der Waals surface area contributed by atoms with Crippen molar-refractivity contribution in [2.75, 3.05) is 20.1 Å². The average molecular weight is 296 g/mol. The molecule has 2 aliphatic rings. The van der Waals surface area contributed by atoms with Gasteiger partial charge in [-0.3, -0.25) is 4.90 Å². The number of likely N-dealkylation sites (tertiary alicyclic amines) is 1. The molecule has 21 heavy (non-hydrogen) atoms. The van der Waals surface area contributed by atoms with E-state index in [1.54, 1.807) is 0 Å². The van der Waals surface area contributed by atoms with E-state index < -0.39 is 0 Å². The summed E-state index contributed by atoms with van der Waals surface area (Å²) in [4.78, 5) is 2.72. The van der Waals surface area contributed by atoms with Gasteiger partial charge < -0.3 is 10.1 Å². The quantitative estimate of drug-likeness (QED) is 0.841. The lowest BCUT2D eigenvalue weighted by molar-refractivity contribution is -0.0846. The Kier molecular flexibility index (Phi) is 4.78. The van der Waals surface area contributed by atoms with Gasteiger partial charge in [0.1, 0.15) is 0 Å². The van der Waals surface area contributed by atoms with E-state index in [0.29, 0.717) is 12.0 Å². The first-order valence-corrected chi connectivity index (χ1v) is 8.79. The molecule has 124 valence electrons. The highest BCUT2D eigenvalue weighted by atomic mass is 16.5. The van der Waals surface area contributed by atoms with Crippen molar-refractivity contribution in [3.05, 3.63) is 0 Å². The van der Waals surface area contributed by atoms with Crippen molar-refractivity contribution in [2.24, 2.45) is 5.92 Å². The number of ether oxygens (including phenoxy) is 1. The summed E-state index contributed by atoms with van der Waals surface area (Å²) in [6.45, 7) is 16.3. The Morgan fingerprint density at radius 1 is 1.24 bits per heavy atom. The smallest absolute Gasteiger partial charge is 0.0678 e. The van der Waals surface area contributed by atoms with Gasteiger partial charge in [0.05, 0.1) is 11.2 Å². The molecule has 0 radical (unpaired) electrons. The SMILES string of the molecule is CCC(C)(C(NC)C1CC(C)(C)OC1(C)C)N1CCCC1. The zero-order valence-electron chi connectivity index (χ0n) is 15.3. The standard InChI is InChI=1S/C18H36N2O/c1-8-18(6,20-11-9-10-12-20)15(19-7)14-13-16(2,3)21-17(14,4)5/h14-15,19H,8-13H2,1-7H3. The molecule has 0 aromatic heterocycles. The molecule has 2 rings (SSSR count). The van der Waals surface area contributed by atoms with Crippen LogP contribution in [0.15, 0.2) is 0 Å². The zero-order valence-corrected chi connectivity index (χ0v) is 15.3. The number of rotatable bonds is 5. The summed E-state index contributed by atoms with van der Waals surface area (Å²) in [5.41, 5.74) is 0.146. The van der Waals surface area contributed by atoms with Crippen LogP contribution in [-0.2, 0) is 4.74 Å². The second-order valence-electron chi connectivity index (χ2n) is 8.45. The highest BCUT2D eigenvalue weighted by Crippen LogP contribution is 2.47. The molecule has 2 heterocycles. The number of nitrogens with one attached hydrogen (secondary N) is 1. The maximum atomic E-state index is 6.38. The lowest BCUT2D eigenvalue weighted by Crippen LogP contribution is -2.62. The molecule has 3 unspecified atom stereocenters. The Hall–Kier alpha value is -0.120. The second kappa shape index (κ2) is 5.82. The van der Waals surface area contributed by atoms with Crippen molar-refractivity contribution < 1.29 is 4.74 Å². The van der Waals surface area contributed by atoms with E-state index in [1.165, 1.54) is 32.4 Å². The van der Waals surface area contributed by atoms with Crippen LogP contribution in [0, 0.1) is 5.92 Å². The fraction of sp³-hybridized carbons (Fsp3) is 1.00. The molecule has 2 aliphatic heterocycles. The molecule has 0 bridgehead atoms. The zero-order chi connectivity index (χ0) is 15.9. The Bertz CT molecular complexity index is 360. The van der Waals surface area contributed by atoms with Gasteiger partial charge in [0.15, 0.2) is 0 Å². The highest BCUT2D eigenvalue weighted by Gasteiger charge is 2.54. The van der Waals surface area contributed by atoms with Crippen LogP contribution in [0.25, 0.3) is 0 Å². The Morgan fingerprint density at radius 2 is 1.81 bits per heavy atom. The summed E-state index contributed by atoms with van der Waals surface area (Å²) in [6, 6.07) is 0.470. The number of likely N-dealkylation sites (N-methyl/N-ethyl adjacent to an activating group) is 1.